The summed E-state index contributed by atoms with van der Waals surface area (Å²) in [5.74, 6) is -0.116. The van der Waals surface area contributed by atoms with E-state index < -0.39 is 17.6 Å². The Morgan fingerprint density at radius 2 is 1.79 bits per heavy atom. The number of aromatic nitrogens is 2. The normalized spacial score (nSPS) is 23.3. The number of likely N-dealkylation sites (tertiary alicyclic amines) is 1. The fourth-order valence-electron chi connectivity index (χ4n) is 10.6. The fraction of sp³-hybridized carbons (Fsp3) is 0.465. The van der Waals surface area contributed by atoms with E-state index in [1.807, 2.05) is 21.9 Å². The summed E-state index contributed by atoms with van der Waals surface area (Å²) in [5, 5.41) is 3.24. The zero-order chi connectivity index (χ0) is 38.3. The lowest BCUT2D eigenvalue weighted by molar-refractivity contribution is -0.135. The van der Waals surface area contributed by atoms with Crippen molar-refractivity contribution in [1.29, 1.82) is 0 Å². The predicted molar refractivity (Wildman–Crippen MR) is 209 cm³/mol. The van der Waals surface area contributed by atoms with E-state index in [9.17, 15) is 19.2 Å². The van der Waals surface area contributed by atoms with Crippen LogP contribution in [0.5, 0.6) is 5.75 Å². The van der Waals surface area contributed by atoms with E-state index in [4.69, 9.17) is 21.3 Å². The average Bonchev–Trinajstić information content (AvgIpc) is 3.45. The van der Waals surface area contributed by atoms with Crippen LogP contribution in [-0.4, -0.2) is 89.0 Å². The lowest BCUT2D eigenvalue weighted by Crippen LogP contribution is -2.59. The lowest BCUT2D eigenvalue weighted by atomic mass is 9.69. The van der Waals surface area contributed by atoms with Crippen LogP contribution in [0.25, 0.3) is 16.6 Å². The molecule has 6 heterocycles. The molecule has 3 amide bonds. The molecule has 1 spiro atoms. The number of carbonyl (C=O) groups is 3. The fourth-order valence-corrected chi connectivity index (χ4v) is 10.8. The third kappa shape index (κ3) is 5.73. The Morgan fingerprint density at radius 1 is 0.964 bits per heavy atom. The topological polar surface area (TPSA) is 117 Å². The maximum atomic E-state index is 15.7. The summed E-state index contributed by atoms with van der Waals surface area (Å²) in [6.45, 7) is 3.67. The van der Waals surface area contributed by atoms with Crippen LogP contribution >= 0.6 is 11.6 Å². The molecule has 10 rings (SSSR count). The van der Waals surface area contributed by atoms with Gasteiger partial charge in [-0.25, -0.2) is 4.39 Å². The van der Waals surface area contributed by atoms with Gasteiger partial charge in [0.2, 0.25) is 17.7 Å². The Labute approximate surface area is 328 Å². The smallest absolute Gasteiger partial charge is 0.282 e. The molecule has 3 saturated heterocycles. The van der Waals surface area contributed by atoms with Crippen molar-refractivity contribution < 1.29 is 23.5 Å². The quantitative estimate of drug-likeness (QED) is 0.268. The van der Waals surface area contributed by atoms with Crippen LogP contribution in [-0.2, 0) is 19.8 Å². The molecule has 0 radical (unpaired) electrons. The second kappa shape index (κ2) is 13.7. The van der Waals surface area contributed by atoms with Gasteiger partial charge in [0.05, 0.1) is 45.5 Å². The highest BCUT2D eigenvalue weighted by atomic mass is 35.5. The van der Waals surface area contributed by atoms with Gasteiger partial charge >= 0.3 is 0 Å². The Morgan fingerprint density at radius 3 is 2.59 bits per heavy atom. The van der Waals surface area contributed by atoms with Crippen molar-refractivity contribution in [2.45, 2.75) is 81.1 Å². The number of hydrogen-bond donors (Lipinski definition) is 1. The van der Waals surface area contributed by atoms with E-state index in [1.54, 1.807) is 12.1 Å². The van der Waals surface area contributed by atoms with Gasteiger partial charge in [-0.1, -0.05) is 49.1 Å². The van der Waals surface area contributed by atoms with Crippen LogP contribution in [0.1, 0.15) is 92.1 Å². The minimum atomic E-state index is -0.598. The van der Waals surface area contributed by atoms with Crippen molar-refractivity contribution in [1.82, 2.24) is 24.7 Å². The minimum Gasteiger partial charge on any atom is -0.489 e. The molecule has 2 atom stereocenters. The molecule has 13 heteroatoms. The number of piperazine rings is 1. The Balaban J connectivity index is 0.808. The van der Waals surface area contributed by atoms with Crippen LogP contribution in [0.2, 0.25) is 5.02 Å². The Bertz CT molecular complexity index is 2370. The molecular formula is C43H44ClFN6O5. The number of amides is 3. The summed E-state index contributed by atoms with van der Waals surface area (Å²) in [5.41, 5.74) is 4.81. The molecule has 56 heavy (non-hydrogen) atoms. The summed E-state index contributed by atoms with van der Waals surface area (Å²) in [6, 6.07) is 15.5. The molecule has 0 bridgehead atoms. The van der Waals surface area contributed by atoms with Gasteiger partial charge in [-0.05, 0) is 98.1 Å². The maximum Gasteiger partial charge on any atom is 0.282 e. The van der Waals surface area contributed by atoms with E-state index in [-0.39, 0.29) is 35.3 Å². The van der Waals surface area contributed by atoms with Gasteiger partial charge in [-0.2, -0.15) is 4.98 Å². The third-order valence-electron chi connectivity index (χ3n) is 13.4. The van der Waals surface area contributed by atoms with E-state index >= 15 is 4.39 Å². The van der Waals surface area contributed by atoms with Crippen LogP contribution in [0.4, 0.5) is 10.1 Å². The number of benzene rings is 3. The van der Waals surface area contributed by atoms with Crippen molar-refractivity contribution in [2.75, 3.05) is 50.8 Å². The molecule has 3 aromatic carbocycles. The number of nitrogens with zero attached hydrogens (tertiary/aromatic N) is 5. The summed E-state index contributed by atoms with van der Waals surface area (Å²) < 4.78 is 23.9. The predicted octanol–water partition coefficient (Wildman–Crippen LogP) is 5.55. The van der Waals surface area contributed by atoms with Gasteiger partial charge < -0.3 is 14.5 Å². The molecule has 1 aliphatic carbocycles. The van der Waals surface area contributed by atoms with Crippen molar-refractivity contribution in [3.05, 3.63) is 92.2 Å². The highest BCUT2D eigenvalue weighted by molar-refractivity contribution is 6.35. The molecule has 5 aliphatic heterocycles. The molecule has 290 valence electrons. The van der Waals surface area contributed by atoms with Crippen molar-refractivity contribution in [2.24, 2.45) is 0 Å². The van der Waals surface area contributed by atoms with Crippen molar-refractivity contribution in [3.8, 4) is 11.4 Å². The minimum absolute atomic E-state index is 0.0710. The van der Waals surface area contributed by atoms with Gasteiger partial charge in [-0.3, -0.25) is 34.0 Å². The van der Waals surface area contributed by atoms with Gasteiger partial charge in [-0.15, -0.1) is 0 Å². The van der Waals surface area contributed by atoms with Gasteiger partial charge in [0.15, 0.2) is 5.82 Å². The number of fused-ring (bicyclic) bond motifs is 10. The zero-order valence-corrected chi connectivity index (χ0v) is 32.0. The molecule has 1 saturated carbocycles. The van der Waals surface area contributed by atoms with Crippen LogP contribution < -0.4 is 20.5 Å². The Hall–Kier alpha value is -4.81. The summed E-state index contributed by atoms with van der Waals surface area (Å²) >= 11 is 6.58. The molecule has 1 aromatic heterocycles. The molecule has 4 fully saturated rings. The summed E-state index contributed by atoms with van der Waals surface area (Å²) in [4.78, 5) is 62.0. The van der Waals surface area contributed by atoms with Crippen LogP contribution in [0.3, 0.4) is 0 Å². The molecule has 1 N–H and O–H groups in total. The number of nitrogens with one attached hydrogen (secondary N) is 1. The number of halogens is 2. The van der Waals surface area contributed by atoms with E-state index in [1.165, 1.54) is 23.6 Å². The van der Waals surface area contributed by atoms with Gasteiger partial charge in [0, 0.05) is 26.1 Å². The number of rotatable bonds is 4. The molecule has 6 aliphatic rings. The number of carbonyl (C=O) groups excluding carboxylic acids is 3. The van der Waals surface area contributed by atoms with Gasteiger partial charge in [0.25, 0.3) is 5.56 Å². The standard InChI is InChI=1S/C43H44ClFN6O5/c44-31-5-4-6-33-38(31)41(55)47-42-43(13-2-1-3-14-43)30-9-7-26(20-34(30)51(33)42)25-11-15-48(16-12-25)23-37(53)49-17-18-50-28(22-49)24-56-35-21-27(19-32(45)39(35)50)29-8-10-36(52)46-40(29)54/h4-7,9,19-21,25,28-29H,1-3,8,10-18,22-24H2,(H,46,52,54)/t28-,29?/m1/s1. The zero-order valence-electron chi connectivity index (χ0n) is 31.2. The second-order valence-corrected chi connectivity index (χ2v) is 16.9. The number of ether oxygens (including phenoxy) is 1. The van der Waals surface area contributed by atoms with Crippen LogP contribution in [0, 0.1) is 5.82 Å². The highest BCUT2D eigenvalue weighted by Gasteiger charge is 2.47. The highest BCUT2D eigenvalue weighted by Crippen LogP contribution is 2.52. The Kier molecular flexibility index (Phi) is 8.70. The van der Waals surface area contributed by atoms with Crippen molar-refractivity contribution >= 4 is 45.9 Å². The number of hydrogen-bond acceptors (Lipinski definition) is 8. The maximum absolute atomic E-state index is 15.7. The monoisotopic (exact) mass is 778 g/mol. The van der Waals surface area contributed by atoms with Crippen LogP contribution in [0.15, 0.2) is 53.3 Å². The van der Waals surface area contributed by atoms with Crippen molar-refractivity contribution in [3.63, 3.8) is 0 Å². The molecule has 4 aromatic rings. The summed E-state index contributed by atoms with van der Waals surface area (Å²) in [7, 11) is 0. The third-order valence-corrected chi connectivity index (χ3v) is 13.8. The SMILES string of the molecule is O=C1CCC(c2cc(F)c3c(c2)OC[C@H]2CN(C(=O)CN4CCC(c5ccc6c(c5)-n5c(nc(=O)c7c(Cl)cccc75)C65CCCCC5)CC4)CCN32)C(=O)N1. The van der Waals surface area contributed by atoms with E-state index in [0.29, 0.717) is 72.5 Å². The lowest BCUT2D eigenvalue weighted by Gasteiger charge is -2.46. The number of anilines is 1. The first kappa shape index (κ1) is 35.6. The molecular weight excluding hydrogens is 735 g/mol. The molecule has 11 nitrogen and oxygen atoms in total. The number of imide groups is 1. The first-order valence-corrected chi connectivity index (χ1v) is 20.5. The van der Waals surface area contributed by atoms with E-state index in [0.717, 1.165) is 68.6 Å². The largest absolute Gasteiger partial charge is 0.489 e. The first-order valence-electron chi connectivity index (χ1n) is 20.1. The van der Waals surface area contributed by atoms with Gasteiger partial charge in [0.1, 0.15) is 23.9 Å². The first-order chi connectivity index (χ1) is 27.2. The second-order valence-electron chi connectivity index (χ2n) is 16.5. The average molecular weight is 779 g/mol. The summed E-state index contributed by atoms with van der Waals surface area (Å²) in [6.07, 6.45) is 7.77. The molecule has 1 unspecified atom stereocenters. The van der Waals surface area contributed by atoms with E-state index in [2.05, 4.69) is 33.0 Å². The number of piperidine rings is 2.